The number of imide groups is 1. The maximum Gasteiger partial charge on any atom is 0.325 e. The molecule has 7 nitrogen and oxygen atoms in total. The summed E-state index contributed by atoms with van der Waals surface area (Å²) in [4.78, 5) is 40.5. The van der Waals surface area contributed by atoms with E-state index >= 15 is 0 Å². The van der Waals surface area contributed by atoms with Crippen molar-refractivity contribution < 1.29 is 23.9 Å². The van der Waals surface area contributed by atoms with E-state index in [0.29, 0.717) is 28.2 Å². The number of nitrogens with zero attached hydrogens (tertiary/aromatic N) is 1. The lowest BCUT2D eigenvalue weighted by Gasteiger charge is -2.28. The molecular weight excluding hydrogens is 408 g/mol. The number of hydrogen-bond donors (Lipinski definition) is 1. The van der Waals surface area contributed by atoms with Crippen molar-refractivity contribution in [3.63, 3.8) is 0 Å². The molecule has 1 aliphatic heterocycles. The summed E-state index contributed by atoms with van der Waals surface area (Å²) in [6, 6.07) is 22.1. The van der Waals surface area contributed by atoms with Crippen LogP contribution in [0.2, 0.25) is 0 Å². The third-order valence-corrected chi connectivity index (χ3v) is 5.53. The third kappa shape index (κ3) is 3.47. The highest BCUT2D eigenvalue weighted by Gasteiger charge is 2.54. The molecule has 0 spiro atoms. The third-order valence-electron chi connectivity index (χ3n) is 5.53. The van der Waals surface area contributed by atoms with Crippen molar-refractivity contribution >= 4 is 17.7 Å². The van der Waals surface area contributed by atoms with E-state index in [2.05, 4.69) is 5.32 Å². The largest absolute Gasteiger partial charge is 0.493 e. The van der Waals surface area contributed by atoms with Crippen molar-refractivity contribution in [2.24, 2.45) is 0 Å². The predicted octanol–water partition coefficient (Wildman–Crippen LogP) is 3.38. The van der Waals surface area contributed by atoms with Crippen LogP contribution in [0.1, 0.15) is 21.5 Å². The number of carbonyl (C=O) groups excluding carboxylic acids is 3. The number of nitrogens with one attached hydrogen (secondary N) is 1. The Balaban J connectivity index is 1.69. The van der Waals surface area contributed by atoms with E-state index < -0.39 is 29.8 Å². The van der Waals surface area contributed by atoms with Gasteiger partial charge in [0.1, 0.15) is 0 Å². The smallest absolute Gasteiger partial charge is 0.325 e. The minimum atomic E-state index is -1.41. The molecule has 162 valence electrons. The average molecular weight is 430 g/mol. The summed E-state index contributed by atoms with van der Waals surface area (Å²) in [7, 11) is 2.97. The van der Waals surface area contributed by atoms with Gasteiger partial charge in [-0.25, -0.2) is 4.79 Å². The quantitative estimate of drug-likeness (QED) is 0.459. The first kappa shape index (κ1) is 21.1. The second-order valence-electron chi connectivity index (χ2n) is 7.30. The molecule has 3 aromatic carbocycles. The number of Topliss-reactive ketones (excluding diaryl/α,β-unsaturated/α-hetero) is 1. The molecule has 3 aromatic rings. The number of ketones is 1. The summed E-state index contributed by atoms with van der Waals surface area (Å²) >= 11 is 0. The monoisotopic (exact) mass is 430 g/mol. The standard InChI is InChI=1S/C25H22N2O5/c1-31-21-14-13-17(15-22(21)32-2)20(28)16-27-23(29)25(26-24(27)30,18-9-5-3-6-10-18)19-11-7-4-8-12-19/h3-15H,16H2,1-2H3,(H,26,30). The van der Waals surface area contributed by atoms with E-state index in [9.17, 15) is 14.4 Å². The molecule has 1 heterocycles. The Morgan fingerprint density at radius 1 is 0.844 bits per heavy atom. The van der Waals surface area contributed by atoms with Crippen molar-refractivity contribution in [3.05, 3.63) is 95.6 Å². The lowest BCUT2D eigenvalue weighted by molar-refractivity contribution is -0.129. The van der Waals surface area contributed by atoms with Gasteiger partial charge in [0.25, 0.3) is 5.91 Å². The zero-order chi connectivity index (χ0) is 22.7. The zero-order valence-corrected chi connectivity index (χ0v) is 17.7. The Bertz CT molecular complexity index is 1120. The summed E-state index contributed by atoms with van der Waals surface area (Å²) in [5.74, 6) is -0.0372. The SMILES string of the molecule is COc1ccc(C(=O)CN2C(=O)NC(c3ccccc3)(c3ccccc3)C2=O)cc1OC. The number of urea groups is 1. The molecule has 0 unspecified atom stereocenters. The molecule has 0 bridgehead atoms. The van der Waals surface area contributed by atoms with Gasteiger partial charge in [0.2, 0.25) is 0 Å². The van der Waals surface area contributed by atoms with Crippen LogP contribution in [0.5, 0.6) is 11.5 Å². The second-order valence-corrected chi connectivity index (χ2v) is 7.30. The van der Waals surface area contributed by atoms with Gasteiger partial charge in [-0.05, 0) is 29.3 Å². The lowest BCUT2D eigenvalue weighted by Crippen LogP contribution is -2.45. The zero-order valence-electron chi connectivity index (χ0n) is 17.7. The molecule has 1 N–H and O–H groups in total. The van der Waals surface area contributed by atoms with E-state index in [1.54, 1.807) is 60.7 Å². The van der Waals surface area contributed by atoms with Gasteiger partial charge in [-0.3, -0.25) is 14.5 Å². The molecular formula is C25H22N2O5. The van der Waals surface area contributed by atoms with Crippen LogP contribution in [0.25, 0.3) is 0 Å². The molecule has 32 heavy (non-hydrogen) atoms. The Morgan fingerprint density at radius 2 is 1.41 bits per heavy atom. The van der Waals surface area contributed by atoms with Gasteiger partial charge in [0.05, 0.1) is 20.8 Å². The lowest BCUT2D eigenvalue weighted by atomic mass is 9.82. The first-order valence-electron chi connectivity index (χ1n) is 10.0. The molecule has 0 atom stereocenters. The number of methoxy groups -OCH3 is 2. The van der Waals surface area contributed by atoms with Gasteiger partial charge in [0, 0.05) is 5.56 Å². The van der Waals surface area contributed by atoms with Gasteiger partial charge >= 0.3 is 6.03 Å². The van der Waals surface area contributed by atoms with E-state index in [-0.39, 0.29) is 0 Å². The molecule has 0 aromatic heterocycles. The highest BCUT2D eigenvalue weighted by atomic mass is 16.5. The number of ether oxygens (including phenoxy) is 2. The maximum absolute atomic E-state index is 13.7. The van der Waals surface area contributed by atoms with Crippen LogP contribution >= 0.6 is 0 Å². The van der Waals surface area contributed by atoms with Crippen molar-refractivity contribution in [2.45, 2.75) is 5.54 Å². The highest BCUT2D eigenvalue weighted by Crippen LogP contribution is 2.36. The summed E-state index contributed by atoms with van der Waals surface area (Å²) in [5.41, 5.74) is 0.133. The van der Waals surface area contributed by atoms with Crippen molar-refractivity contribution in [1.29, 1.82) is 0 Å². The number of carbonyl (C=O) groups is 3. The average Bonchev–Trinajstić information content (AvgIpc) is 3.10. The predicted molar refractivity (Wildman–Crippen MR) is 118 cm³/mol. The summed E-state index contributed by atoms with van der Waals surface area (Å²) < 4.78 is 10.4. The Kier molecular flexibility index (Phi) is 5.64. The van der Waals surface area contributed by atoms with Crippen LogP contribution < -0.4 is 14.8 Å². The summed E-state index contributed by atoms with van der Waals surface area (Å²) in [6.07, 6.45) is 0. The fourth-order valence-corrected chi connectivity index (χ4v) is 3.90. The van der Waals surface area contributed by atoms with E-state index in [1.165, 1.54) is 20.3 Å². The summed E-state index contributed by atoms with van der Waals surface area (Å²) in [6.45, 7) is -0.401. The first-order valence-corrected chi connectivity index (χ1v) is 10.0. The van der Waals surface area contributed by atoms with E-state index in [0.717, 1.165) is 4.90 Å². The Hall–Kier alpha value is -4.13. The molecule has 7 heteroatoms. The minimum Gasteiger partial charge on any atom is -0.493 e. The maximum atomic E-state index is 13.7. The molecule has 3 amide bonds. The molecule has 0 aliphatic carbocycles. The fourth-order valence-electron chi connectivity index (χ4n) is 3.90. The highest BCUT2D eigenvalue weighted by molar-refractivity contribution is 6.13. The van der Waals surface area contributed by atoms with Gasteiger partial charge in [-0.2, -0.15) is 0 Å². The Labute approximate surface area is 185 Å². The topological polar surface area (TPSA) is 84.9 Å². The number of rotatable bonds is 7. The number of amides is 3. The van der Waals surface area contributed by atoms with Crippen molar-refractivity contribution in [3.8, 4) is 11.5 Å². The van der Waals surface area contributed by atoms with Crippen LogP contribution in [0, 0.1) is 0 Å². The number of benzene rings is 3. The van der Waals surface area contributed by atoms with Gasteiger partial charge in [-0.15, -0.1) is 0 Å². The van der Waals surface area contributed by atoms with Crippen LogP contribution in [0.3, 0.4) is 0 Å². The van der Waals surface area contributed by atoms with Crippen LogP contribution in [0.4, 0.5) is 4.79 Å². The van der Waals surface area contributed by atoms with E-state index in [1.807, 2.05) is 12.1 Å². The minimum absolute atomic E-state index is 0.306. The second kappa shape index (κ2) is 8.55. The van der Waals surface area contributed by atoms with Crippen LogP contribution in [0.15, 0.2) is 78.9 Å². The molecule has 4 rings (SSSR count). The van der Waals surface area contributed by atoms with Gasteiger partial charge in [0.15, 0.2) is 22.8 Å². The Morgan fingerprint density at radius 3 is 1.94 bits per heavy atom. The fraction of sp³-hybridized carbons (Fsp3) is 0.160. The van der Waals surface area contributed by atoms with Crippen LogP contribution in [-0.2, 0) is 10.3 Å². The van der Waals surface area contributed by atoms with Crippen molar-refractivity contribution in [1.82, 2.24) is 10.2 Å². The molecule has 1 saturated heterocycles. The van der Waals surface area contributed by atoms with Crippen LogP contribution in [-0.4, -0.2) is 43.4 Å². The molecule has 1 fully saturated rings. The van der Waals surface area contributed by atoms with Gasteiger partial charge < -0.3 is 14.8 Å². The van der Waals surface area contributed by atoms with Crippen molar-refractivity contribution in [2.75, 3.05) is 20.8 Å². The molecule has 0 radical (unpaired) electrons. The number of hydrogen-bond acceptors (Lipinski definition) is 5. The normalized spacial score (nSPS) is 14.8. The van der Waals surface area contributed by atoms with E-state index in [4.69, 9.17) is 9.47 Å². The molecule has 0 saturated carbocycles. The summed E-state index contributed by atoms with van der Waals surface area (Å²) in [5, 5.41) is 2.84. The van der Waals surface area contributed by atoms with Gasteiger partial charge in [-0.1, -0.05) is 60.7 Å². The first-order chi connectivity index (χ1) is 15.5. The molecule has 1 aliphatic rings.